The Hall–Kier alpha value is -0.780. The highest BCUT2D eigenvalue weighted by molar-refractivity contribution is 9.09. The van der Waals surface area contributed by atoms with E-state index < -0.39 is 11.0 Å². The van der Waals surface area contributed by atoms with Gasteiger partial charge in [-0.1, -0.05) is 54.1 Å². The van der Waals surface area contributed by atoms with Crippen molar-refractivity contribution >= 4 is 32.7 Å². The van der Waals surface area contributed by atoms with Crippen LogP contribution >= 0.6 is 15.9 Å². The molecule has 0 saturated carbocycles. The molecule has 1 N–H and O–H groups in total. The van der Waals surface area contributed by atoms with Gasteiger partial charge in [-0.25, -0.2) is 8.93 Å². The van der Waals surface area contributed by atoms with Crippen molar-refractivity contribution in [1.29, 1.82) is 0 Å². The maximum absolute atomic E-state index is 12.0. The first-order chi connectivity index (χ1) is 8.95. The van der Waals surface area contributed by atoms with E-state index in [1.54, 1.807) is 24.3 Å². The van der Waals surface area contributed by atoms with Gasteiger partial charge in [0.25, 0.3) is 0 Å². The summed E-state index contributed by atoms with van der Waals surface area (Å²) < 4.78 is 14.9. The van der Waals surface area contributed by atoms with Gasteiger partial charge in [0.2, 0.25) is 0 Å². The zero-order valence-electron chi connectivity index (χ0n) is 11.1. The summed E-state index contributed by atoms with van der Waals surface area (Å²) in [6, 6.07) is 6.79. The van der Waals surface area contributed by atoms with Gasteiger partial charge in [0, 0.05) is 12.1 Å². The van der Waals surface area contributed by atoms with Crippen molar-refractivity contribution in [3.05, 3.63) is 42.0 Å². The summed E-state index contributed by atoms with van der Waals surface area (Å²) in [5.41, 5.74) is 1.63. The van der Waals surface area contributed by atoms with Crippen LogP contribution < -0.4 is 4.72 Å². The SMILES string of the molecule is C=C(CNS(=O)c1ccc(C(=O)CBr)cc1)C(C)C. The van der Waals surface area contributed by atoms with Crippen LogP contribution in [0.25, 0.3) is 0 Å². The second-order valence-corrected chi connectivity index (χ2v) is 6.34. The minimum Gasteiger partial charge on any atom is -0.293 e. The summed E-state index contributed by atoms with van der Waals surface area (Å²) >= 11 is 3.12. The van der Waals surface area contributed by atoms with E-state index in [0.717, 1.165) is 5.57 Å². The monoisotopic (exact) mass is 343 g/mol. The molecule has 0 saturated heterocycles. The summed E-state index contributed by atoms with van der Waals surface area (Å²) in [5, 5.41) is 0.294. The van der Waals surface area contributed by atoms with Gasteiger partial charge in [-0.2, -0.15) is 0 Å². The van der Waals surface area contributed by atoms with Crippen molar-refractivity contribution in [2.75, 3.05) is 11.9 Å². The molecule has 1 unspecified atom stereocenters. The lowest BCUT2D eigenvalue weighted by atomic mass is 10.1. The number of carbonyl (C=O) groups is 1. The molecular weight excluding hydrogens is 326 g/mol. The molecule has 0 aromatic heterocycles. The summed E-state index contributed by atoms with van der Waals surface area (Å²) in [6.07, 6.45) is 0. The molecule has 0 heterocycles. The fourth-order valence-corrected chi connectivity index (χ4v) is 2.48. The number of Topliss-reactive ketones (excluding diaryl/α,β-unsaturated/α-hetero) is 1. The summed E-state index contributed by atoms with van der Waals surface area (Å²) in [5.74, 6) is 0.377. The number of rotatable bonds is 7. The van der Waals surface area contributed by atoms with E-state index in [2.05, 4.69) is 27.2 Å². The Bertz CT molecular complexity index is 483. The van der Waals surface area contributed by atoms with Crippen molar-refractivity contribution in [2.24, 2.45) is 5.92 Å². The molecule has 3 nitrogen and oxygen atoms in total. The van der Waals surface area contributed by atoms with E-state index in [0.29, 0.717) is 28.3 Å². The van der Waals surface area contributed by atoms with E-state index in [4.69, 9.17) is 0 Å². The maximum Gasteiger partial charge on any atom is 0.173 e. The largest absolute Gasteiger partial charge is 0.293 e. The molecule has 1 aromatic rings. The highest BCUT2D eigenvalue weighted by atomic mass is 79.9. The molecule has 0 spiro atoms. The van der Waals surface area contributed by atoms with E-state index in [1.165, 1.54) is 0 Å². The standard InChI is InChI=1S/C14H18BrNO2S/c1-10(2)11(3)9-16-19(18)13-6-4-12(5-7-13)14(17)8-15/h4-7,10,16H,3,8-9H2,1-2H3. The number of halogens is 1. The summed E-state index contributed by atoms with van der Waals surface area (Å²) in [7, 11) is -1.28. The smallest absolute Gasteiger partial charge is 0.173 e. The predicted octanol–water partition coefficient (Wildman–Crippen LogP) is 3.09. The van der Waals surface area contributed by atoms with Crippen LogP contribution in [0.2, 0.25) is 0 Å². The van der Waals surface area contributed by atoms with Crippen LogP contribution in [-0.2, 0) is 11.0 Å². The van der Waals surface area contributed by atoms with Gasteiger partial charge in [-0.15, -0.1) is 0 Å². The first-order valence-electron chi connectivity index (χ1n) is 5.98. The second kappa shape index (κ2) is 7.72. The van der Waals surface area contributed by atoms with Crippen LogP contribution in [0, 0.1) is 5.92 Å². The zero-order valence-corrected chi connectivity index (χ0v) is 13.5. The van der Waals surface area contributed by atoms with E-state index in [-0.39, 0.29) is 5.78 Å². The van der Waals surface area contributed by atoms with Crippen molar-refractivity contribution in [3.8, 4) is 0 Å². The Kier molecular flexibility index (Phi) is 6.62. The fraction of sp³-hybridized carbons (Fsp3) is 0.357. The first-order valence-corrected chi connectivity index (χ1v) is 8.25. The van der Waals surface area contributed by atoms with Crippen LogP contribution in [0.5, 0.6) is 0 Å². The van der Waals surface area contributed by atoms with Crippen LogP contribution in [0.1, 0.15) is 24.2 Å². The van der Waals surface area contributed by atoms with Gasteiger partial charge < -0.3 is 0 Å². The quantitative estimate of drug-likeness (QED) is 0.469. The molecule has 1 rings (SSSR count). The molecule has 0 amide bonds. The van der Waals surface area contributed by atoms with Crippen LogP contribution in [0.4, 0.5) is 0 Å². The Labute approximate surface area is 125 Å². The minimum absolute atomic E-state index is 0.0125. The highest BCUT2D eigenvalue weighted by Crippen LogP contribution is 2.10. The van der Waals surface area contributed by atoms with Crippen molar-refractivity contribution in [2.45, 2.75) is 18.7 Å². The third-order valence-corrected chi connectivity index (χ3v) is 4.37. The lowest BCUT2D eigenvalue weighted by Gasteiger charge is -2.10. The lowest BCUT2D eigenvalue weighted by Crippen LogP contribution is -2.21. The van der Waals surface area contributed by atoms with Gasteiger partial charge in [0.05, 0.1) is 10.2 Å². The minimum atomic E-state index is -1.28. The lowest BCUT2D eigenvalue weighted by molar-refractivity contribution is 0.102. The van der Waals surface area contributed by atoms with Crippen molar-refractivity contribution in [3.63, 3.8) is 0 Å². The van der Waals surface area contributed by atoms with Crippen molar-refractivity contribution < 1.29 is 9.00 Å². The van der Waals surface area contributed by atoms with Crippen molar-refractivity contribution in [1.82, 2.24) is 4.72 Å². The van der Waals surface area contributed by atoms with Gasteiger partial charge in [-0.3, -0.25) is 4.79 Å². The number of hydrogen-bond donors (Lipinski definition) is 1. The third kappa shape index (κ3) is 5.01. The Morgan fingerprint density at radius 1 is 1.37 bits per heavy atom. The van der Waals surface area contributed by atoms with Crippen LogP contribution in [-0.4, -0.2) is 21.9 Å². The molecule has 0 aliphatic heterocycles. The number of hydrogen-bond acceptors (Lipinski definition) is 2. The average molecular weight is 344 g/mol. The molecule has 5 heteroatoms. The van der Waals surface area contributed by atoms with E-state index in [9.17, 15) is 9.00 Å². The molecule has 0 aliphatic rings. The molecule has 104 valence electrons. The van der Waals surface area contributed by atoms with Crippen LogP contribution in [0.15, 0.2) is 41.3 Å². The Morgan fingerprint density at radius 3 is 2.42 bits per heavy atom. The summed E-state index contributed by atoms with van der Waals surface area (Å²) in [4.78, 5) is 12.1. The molecular formula is C14H18BrNO2S. The van der Waals surface area contributed by atoms with Gasteiger partial charge in [0.15, 0.2) is 5.78 Å². The van der Waals surface area contributed by atoms with Gasteiger partial charge in [0.1, 0.15) is 11.0 Å². The fourth-order valence-electron chi connectivity index (χ4n) is 1.29. The zero-order chi connectivity index (χ0) is 14.4. The average Bonchev–Trinajstić information content (AvgIpc) is 2.43. The molecule has 0 fully saturated rings. The number of alkyl halides is 1. The highest BCUT2D eigenvalue weighted by Gasteiger charge is 2.08. The van der Waals surface area contributed by atoms with Crippen LogP contribution in [0.3, 0.4) is 0 Å². The van der Waals surface area contributed by atoms with Gasteiger partial charge >= 0.3 is 0 Å². The number of ketones is 1. The molecule has 1 aromatic carbocycles. The molecule has 19 heavy (non-hydrogen) atoms. The first kappa shape index (κ1) is 16.3. The number of nitrogens with one attached hydrogen (secondary N) is 1. The normalized spacial score (nSPS) is 12.4. The maximum atomic E-state index is 12.0. The van der Waals surface area contributed by atoms with E-state index in [1.807, 2.05) is 13.8 Å². The molecule has 0 aliphatic carbocycles. The number of benzene rings is 1. The second-order valence-electron chi connectivity index (χ2n) is 4.48. The Balaban J connectivity index is 2.63. The Morgan fingerprint density at radius 2 is 1.95 bits per heavy atom. The number of carbonyl (C=O) groups excluding carboxylic acids is 1. The molecule has 0 bridgehead atoms. The molecule has 0 radical (unpaired) electrons. The third-order valence-electron chi connectivity index (χ3n) is 2.76. The van der Waals surface area contributed by atoms with E-state index >= 15 is 0 Å². The predicted molar refractivity (Wildman–Crippen MR) is 83.0 cm³/mol. The molecule has 1 atom stereocenters. The topological polar surface area (TPSA) is 46.2 Å². The van der Waals surface area contributed by atoms with Gasteiger partial charge in [-0.05, 0) is 18.1 Å². The summed E-state index contributed by atoms with van der Waals surface area (Å²) in [6.45, 7) is 8.54.